The van der Waals surface area contributed by atoms with Gasteiger partial charge in [0, 0.05) is 5.92 Å². The highest BCUT2D eigenvalue weighted by Gasteiger charge is 2.07. The summed E-state index contributed by atoms with van der Waals surface area (Å²) in [5.74, 6) is 1.47. The highest BCUT2D eigenvalue weighted by atomic mass is 15.5. The molecule has 0 aliphatic heterocycles. The molecule has 0 radical (unpaired) electrons. The number of fused-ring (bicyclic) bond motifs is 1. The van der Waals surface area contributed by atoms with Crippen LogP contribution in [0.15, 0.2) is 6.33 Å². The maximum atomic E-state index is 4.13. The molecule has 0 spiro atoms. The summed E-state index contributed by atoms with van der Waals surface area (Å²) in [5.41, 5.74) is 0. The highest BCUT2D eigenvalue weighted by Crippen LogP contribution is 2.07. The largest absolute Gasteiger partial charge is 0.289 e. The van der Waals surface area contributed by atoms with Crippen LogP contribution in [-0.2, 0) is 0 Å². The summed E-state index contributed by atoms with van der Waals surface area (Å²) in [5, 5.41) is 15.3. The van der Waals surface area contributed by atoms with E-state index >= 15 is 0 Å². The van der Waals surface area contributed by atoms with Crippen molar-refractivity contribution in [3.63, 3.8) is 0 Å². The van der Waals surface area contributed by atoms with E-state index in [9.17, 15) is 0 Å². The third kappa shape index (κ3) is 1.01. The normalized spacial score (nSPS) is 11.2. The first kappa shape index (κ1) is 7.08. The second-order valence-corrected chi connectivity index (χ2v) is 2.76. The Labute approximate surface area is 68.6 Å². The SMILES string of the molecule is CC(C)c1nc2nncnn2n1. The Bertz CT molecular complexity index is 359. The third-order valence-corrected chi connectivity index (χ3v) is 1.47. The summed E-state index contributed by atoms with van der Waals surface area (Å²) >= 11 is 0. The maximum absolute atomic E-state index is 4.13. The first-order valence-electron chi connectivity index (χ1n) is 3.68. The van der Waals surface area contributed by atoms with E-state index in [-0.39, 0.29) is 5.92 Å². The van der Waals surface area contributed by atoms with E-state index in [0.717, 1.165) is 5.82 Å². The molecule has 0 unspecified atom stereocenters. The van der Waals surface area contributed by atoms with Gasteiger partial charge in [-0.15, -0.1) is 25.0 Å². The van der Waals surface area contributed by atoms with Crippen molar-refractivity contribution >= 4 is 5.78 Å². The topological polar surface area (TPSA) is 68.9 Å². The Morgan fingerprint density at radius 3 is 2.92 bits per heavy atom. The van der Waals surface area contributed by atoms with Crippen LogP contribution in [0.4, 0.5) is 0 Å². The standard InChI is InChI=1S/C6H8N6/c1-4(2)5-9-6-10-7-3-8-12(6)11-5/h3-4H,1-2H3. The van der Waals surface area contributed by atoms with Gasteiger partial charge in [0.25, 0.3) is 5.78 Å². The Morgan fingerprint density at radius 1 is 1.42 bits per heavy atom. The quantitative estimate of drug-likeness (QED) is 0.595. The van der Waals surface area contributed by atoms with Gasteiger partial charge in [-0.25, -0.2) is 0 Å². The lowest BCUT2D eigenvalue weighted by Crippen LogP contribution is -1.97. The van der Waals surface area contributed by atoms with Gasteiger partial charge in [0.1, 0.15) is 0 Å². The van der Waals surface area contributed by atoms with Gasteiger partial charge in [0.15, 0.2) is 12.2 Å². The molecule has 2 rings (SSSR count). The number of nitrogens with zero attached hydrogens (tertiary/aromatic N) is 6. The van der Waals surface area contributed by atoms with Crippen molar-refractivity contribution in [3.05, 3.63) is 12.2 Å². The van der Waals surface area contributed by atoms with Gasteiger partial charge < -0.3 is 0 Å². The molecule has 0 fully saturated rings. The van der Waals surface area contributed by atoms with E-state index in [0.29, 0.717) is 5.78 Å². The second-order valence-electron chi connectivity index (χ2n) is 2.76. The molecule has 0 saturated carbocycles. The molecule has 0 atom stereocenters. The molecule has 2 aromatic heterocycles. The molecule has 0 bridgehead atoms. The number of hydrogen-bond donors (Lipinski definition) is 0. The zero-order chi connectivity index (χ0) is 8.55. The molecule has 0 amide bonds. The lowest BCUT2D eigenvalue weighted by Gasteiger charge is -1.92. The minimum atomic E-state index is 0.286. The number of rotatable bonds is 1. The summed E-state index contributed by atoms with van der Waals surface area (Å²) in [4.78, 5) is 4.13. The van der Waals surface area contributed by atoms with Gasteiger partial charge >= 0.3 is 0 Å². The summed E-state index contributed by atoms with van der Waals surface area (Å²) < 4.78 is 1.38. The lowest BCUT2D eigenvalue weighted by molar-refractivity contribution is 0.704. The third-order valence-electron chi connectivity index (χ3n) is 1.47. The predicted octanol–water partition coefficient (Wildman–Crippen LogP) is 0.0377. The highest BCUT2D eigenvalue weighted by molar-refractivity contribution is 5.21. The molecule has 12 heavy (non-hydrogen) atoms. The zero-order valence-electron chi connectivity index (χ0n) is 6.84. The minimum absolute atomic E-state index is 0.286. The molecule has 0 aliphatic carbocycles. The fourth-order valence-electron chi connectivity index (χ4n) is 0.845. The maximum Gasteiger partial charge on any atom is 0.289 e. The zero-order valence-corrected chi connectivity index (χ0v) is 6.84. The van der Waals surface area contributed by atoms with Crippen LogP contribution in [0, 0.1) is 0 Å². The van der Waals surface area contributed by atoms with Gasteiger partial charge in [0.05, 0.1) is 0 Å². The average Bonchev–Trinajstić information content (AvgIpc) is 2.46. The van der Waals surface area contributed by atoms with Gasteiger partial charge in [0.2, 0.25) is 0 Å². The molecule has 0 aliphatic rings. The van der Waals surface area contributed by atoms with E-state index in [4.69, 9.17) is 0 Å². The molecule has 0 aromatic carbocycles. The van der Waals surface area contributed by atoms with E-state index in [1.165, 1.54) is 11.0 Å². The van der Waals surface area contributed by atoms with E-state index in [1.807, 2.05) is 13.8 Å². The first-order chi connectivity index (χ1) is 5.77. The molecule has 6 heteroatoms. The van der Waals surface area contributed by atoms with Crippen molar-refractivity contribution < 1.29 is 0 Å². The van der Waals surface area contributed by atoms with Crippen LogP contribution in [0.25, 0.3) is 5.78 Å². The smallest absolute Gasteiger partial charge is 0.191 e. The molecule has 2 heterocycles. The Hall–Kier alpha value is -1.59. The molecular weight excluding hydrogens is 156 g/mol. The Kier molecular flexibility index (Phi) is 1.46. The molecule has 62 valence electrons. The lowest BCUT2D eigenvalue weighted by atomic mass is 10.2. The van der Waals surface area contributed by atoms with Crippen molar-refractivity contribution in [1.29, 1.82) is 0 Å². The molecular formula is C6H8N6. The fraction of sp³-hybridized carbons (Fsp3) is 0.500. The summed E-state index contributed by atoms with van der Waals surface area (Å²) in [6.07, 6.45) is 1.34. The Balaban J connectivity index is 2.62. The number of aromatic nitrogens is 6. The average molecular weight is 164 g/mol. The van der Waals surface area contributed by atoms with E-state index in [2.05, 4.69) is 25.4 Å². The van der Waals surface area contributed by atoms with Crippen LogP contribution in [0.3, 0.4) is 0 Å². The predicted molar refractivity (Wildman–Crippen MR) is 40.5 cm³/mol. The van der Waals surface area contributed by atoms with E-state index in [1.54, 1.807) is 0 Å². The summed E-state index contributed by atoms with van der Waals surface area (Å²) in [6.45, 7) is 4.03. The summed E-state index contributed by atoms with van der Waals surface area (Å²) in [7, 11) is 0. The van der Waals surface area contributed by atoms with Crippen LogP contribution in [0.1, 0.15) is 25.6 Å². The number of hydrogen-bond acceptors (Lipinski definition) is 5. The van der Waals surface area contributed by atoms with Gasteiger partial charge in [-0.1, -0.05) is 13.8 Å². The van der Waals surface area contributed by atoms with Crippen LogP contribution >= 0.6 is 0 Å². The molecule has 2 aromatic rings. The summed E-state index contributed by atoms with van der Waals surface area (Å²) in [6, 6.07) is 0. The van der Waals surface area contributed by atoms with Gasteiger partial charge in [-0.05, 0) is 0 Å². The van der Waals surface area contributed by atoms with Crippen LogP contribution in [0.2, 0.25) is 0 Å². The second kappa shape index (κ2) is 2.47. The monoisotopic (exact) mass is 164 g/mol. The first-order valence-corrected chi connectivity index (χ1v) is 3.68. The van der Waals surface area contributed by atoms with Gasteiger partial charge in [-0.2, -0.15) is 4.98 Å². The van der Waals surface area contributed by atoms with Crippen LogP contribution in [0.5, 0.6) is 0 Å². The molecule has 6 nitrogen and oxygen atoms in total. The fourth-order valence-corrected chi connectivity index (χ4v) is 0.845. The van der Waals surface area contributed by atoms with Crippen molar-refractivity contribution in [1.82, 2.24) is 30.0 Å². The van der Waals surface area contributed by atoms with Crippen molar-refractivity contribution in [2.24, 2.45) is 0 Å². The van der Waals surface area contributed by atoms with Crippen LogP contribution < -0.4 is 0 Å². The Morgan fingerprint density at radius 2 is 2.25 bits per heavy atom. The van der Waals surface area contributed by atoms with Crippen LogP contribution in [-0.4, -0.2) is 30.0 Å². The van der Waals surface area contributed by atoms with Crippen molar-refractivity contribution in [2.45, 2.75) is 19.8 Å². The molecule has 0 N–H and O–H groups in total. The van der Waals surface area contributed by atoms with E-state index < -0.39 is 0 Å². The molecule has 0 saturated heterocycles. The van der Waals surface area contributed by atoms with Gasteiger partial charge in [-0.3, -0.25) is 0 Å². The van der Waals surface area contributed by atoms with Crippen molar-refractivity contribution in [2.75, 3.05) is 0 Å². The van der Waals surface area contributed by atoms with Crippen molar-refractivity contribution in [3.8, 4) is 0 Å². The minimum Gasteiger partial charge on any atom is -0.191 e.